The van der Waals surface area contributed by atoms with Gasteiger partial charge in [0.05, 0.1) is 12.2 Å². The van der Waals surface area contributed by atoms with Crippen molar-refractivity contribution in [2.24, 2.45) is 4.99 Å². The average Bonchev–Trinajstić information content (AvgIpc) is 3.26. The second kappa shape index (κ2) is 11.6. The van der Waals surface area contributed by atoms with Gasteiger partial charge in [-0.25, -0.2) is 4.98 Å². The molecule has 2 heterocycles. The number of nitrogens with zero attached hydrogens (tertiary/aromatic N) is 4. The summed E-state index contributed by atoms with van der Waals surface area (Å²) in [6.07, 6.45) is 4.04. The first-order valence-electron chi connectivity index (χ1n) is 10.7. The molecule has 1 aliphatic heterocycles. The Balaban J connectivity index is 1.30. The molecule has 0 amide bonds. The highest BCUT2D eigenvalue weighted by Crippen LogP contribution is 2.17. The third-order valence-corrected chi connectivity index (χ3v) is 5.34. The summed E-state index contributed by atoms with van der Waals surface area (Å²) < 4.78 is 5.58. The minimum absolute atomic E-state index is 0.581. The minimum Gasteiger partial charge on any atom is -0.444 e. The van der Waals surface area contributed by atoms with Crippen molar-refractivity contribution in [2.45, 2.75) is 26.3 Å². The van der Waals surface area contributed by atoms with Gasteiger partial charge in [-0.15, -0.1) is 0 Å². The summed E-state index contributed by atoms with van der Waals surface area (Å²) in [6.45, 7) is 10.9. The van der Waals surface area contributed by atoms with Crippen molar-refractivity contribution in [2.75, 3.05) is 52.9 Å². The smallest absolute Gasteiger partial charge is 0.226 e. The third kappa shape index (κ3) is 6.87. The van der Waals surface area contributed by atoms with Gasteiger partial charge in [0.2, 0.25) is 5.89 Å². The van der Waals surface area contributed by atoms with Crippen LogP contribution in [-0.4, -0.2) is 73.6 Å². The molecule has 2 aromatic rings. The molecular weight excluding hydrogens is 364 g/mol. The molecule has 0 bridgehead atoms. The minimum atomic E-state index is 0.581. The zero-order valence-corrected chi connectivity index (χ0v) is 17.7. The predicted molar refractivity (Wildman–Crippen MR) is 118 cm³/mol. The SMILES string of the molecule is CCN1CCN(CCCCNC(=NC)NCc2coc(-c3ccccc3)n2)CC1. The van der Waals surface area contributed by atoms with Crippen LogP contribution in [0.3, 0.4) is 0 Å². The fourth-order valence-electron chi connectivity index (χ4n) is 3.49. The van der Waals surface area contributed by atoms with E-state index in [1.54, 1.807) is 13.3 Å². The van der Waals surface area contributed by atoms with Gasteiger partial charge in [0.1, 0.15) is 6.26 Å². The molecule has 0 aliphatic carbocycles. The van der Waals surface area contributed by atoms with Crippen LogP contribution in [0.25, 0.3) is 11.5 Å². The number of piperazine rings is 1. The van der Waals surface area contributed by atoms with Crippen LogP contribution in [0, 0.1) is 0 Å². The molecule has 0 spiro atoms. The summed E-state index contributed by atoms with van der Waals surface area (Å²) >= 11 is 0. The van der Waals surface area contributed by atoms with Crippen LogP contribution in [-0.2, 0) is 6.54 Å². The largest absolute Gasteiger partial charge is 0.444 e. The Morgan fingerprint density at radius 1 is 1.07 bits per heavy atom. The molecule has 7 nitrogen and oxygen atoms in total. The van der Waals surface area contributed by atoms with E-state index in [1.807, 2.05) is 30.3 Å². The average molecular weight is 399 g/mol. The molecule has 3 rings (SSSR count). The summed E-state index contributed by atoms with van der Waals surface area (Å²) in [5.41, 5.74) is 1.84. The molecule has 2 N–H and O–H groups in total. The molecule has 1 saturated heterocycles. The normalized spacial score (nSPS) is 16.1. The van der Waals surface area contributed by atoms with Gasteiger partial charge in [-0.3, -0.25) is 4.99 Å². The summed E-state index contributed by atoms with van der Waals surface area (Å²) in [7, 11) is 1.79. The Hall–Kier alpha value is -2.38. The van der Waals surface area contributed by atoms with Crippen LogP contribution < -0.4 is 10.6 Å². The van der Waals surface area contributed by atoms with Gasteiger partial charge in [0.15, 0.2) is 5.96 Å². The van der Waals surface area contributed by atoms with E-state index in [2.05, 4.69) is 37.3 Å². The first-order chi connectivity index (χ1) is 14.3. The van der Waals surface area contributed by atoms with E-state index in [0.717, 1.165) is 30.2 Å². The molecule has 158 valence electrons. The zero-order valence-electron chi connectivity index (χ0n) is 17.7. The Kier molecular flexibility index (Phi) is 8.52. The van der Waals surface area contributed by atoms with Crippen LogP contribution in [0.15, 0.2) is 46.0 Å². The summed E-state index contributed by atoms with van der Waals surface area (Å²) in [4.78, 5) is 13.9. The number of hydrogen-bond donors (Lipinski definition) is 2. The fourth-order valence-corrected chi connectivity index (χ4v) is 3.49. The van der Waals surface area contributed by atoms with Crippen molar-refractivity contribution in [3.63, 3.8) is 0 Å². The number of nitrogens with one attached hydrogen (secondary N) is 2. The highest BCUT2D eigenvalue weighted by atomic mass is 16.3. The zero-order chi connectivity index (χ0) is 20.3. The van der Waals surface area contributed by atoms with Crippen LogP contribution in [0.5, 0.6) is 0 Å². The maximum Gasteiger partial charge on any atom is 0.226 e. The van der Waals surface area contributed by atoms with E-state index in [4.69, 9.17) is 4.42 Å². The topological polar surface area (TPSA) is 68.9 Å². The highest BCUT2D eigenvalue weighted by Gasteiger charge is 2.14. The van der Waals surface area contributed by atoms with E-state index < -0.39 is 0 Å². The van der Waals surface area contributed by atoms with Crippen LogP contribution in [0.4, 0.5) is 0 Å². The van der Waals surface area contributed by atoms with Crippen molar-refractivity contribution < 1.29 is 4.42 Å². The van der Waals surface area contributed by atoms with E-state index in [1.165, 1.54) is 45.7 Å². The molecule has 0 radical (unpaired) electrons. The van der Waals surface area contributed by atoms with Gasteiger partial charge in [-0.05, 0) is 38.1 Å². The summed E-state index contributed by atoms with van der Waals surface area (Å²) in [5, 5.41) is 6.69. The van der Waals surface area contributed by atoms with Crippen LogP contribution in [0.1, 0.15) is 25.5 Å². The van der Waals surface area contributed by atoms with E-state index in [0.29, 0.717) is 12.4 Å². The van der Waals surface area contributed by atoms with Crippen molar-refractivity contribution in [3.8, 4) is 11.5 Å². The number of guanidine groups is 1. The quantitative estimate of drug-likeness (QED) is 0.384. The first kappa shape index (κ1) is 21.3. The van der Waals surface area contributed by atoms with Gasteiger partial charge in [-0.1, -0.05) is 25.1 Å². The number of aliphatic imine (C=N–C) groups is 1. The van der Waals surface area contributed by atoms with E-state index in [9.17, 15) is 0 Å². The summed E-state index contributed by atoms with van der Waals surface area (Å²) in [5.74, 6) is 1.44. The van der Waals surface area contributed by atoms with Crippen molar-refractivity contribution in [1.29, 1.82) is 0 Å². The Labute approximate surface area is 174 Å². The molecule has 0 unspecified atom stereocenters. The molecule has 1 aromatic carbocycles. The lowest BCUT2D eigenvalue weighted by molar-refractivity contribution is 0.136. The monoisotopic (exact) mass is 398 g/mol. The van der Waals surface area contributed by atoms with Crippen LogP contribution in [0.2, 0.25) is 0 Å². The number of aromatic nitrogens is 1. The molecule has 1 aliphatic rings. The van der Waals surface area contributed by atoms with Gasteiger partial charge in [0, 0.05) is 45.3 Å². The molecule has 1 aromatic heterocycles. The lowest BCUT2D eigenvalue weighted by atomic mass is 10.2. The maximum absolute atomic E-state index is 5.58. The van der Waals surface area contributed by atoms with Gasteiger partial charge in [-0.2, -0.15) is 0 Å². The van der Waals surface area contributed by atoms with Crippen molar-refractivity contribution in [1.82, 2.24) is 25.4 Å². The molecule has 1 fully saturated rings. The number of likely N-dealkylation sites (N-methyl/N-ethyl adjacent to an activating group) is 1. The predicted octanol–water partition coefficient (Wildman–Crippen LogP) is 2.42. The number of hydrogen-bond acceptors (Lipinski definition) is 5. The fraction of sp³-hybridized carbons (Fsp3) is 0.545. The highest BCUT2D eigenvalue weighted by molar-refractivity contribution is 5.79. The first-order valence-corrected chi connectivity index (χ1v) is 10.7. The molecule has 29 heavy (non-hydrogen) atoms. The third-order valence-electron chi connectivity index (χ3n) is 5.34. The molecule has 0 atom stereocenters. The molecule has 0 saturated carbocycles. The van der Waals surface area contributed by atoms with E-state index in [-0.39, 0.29) is 0 Å². The lowest BCUT2D eigenvalue weighted by Gasteiger charge is -2.34. The Bertz CT molecular complexity index is 737. The van der Waals surface area contributed by atoms with E-state index >= 15 is 0 Å². The van der Waals surface area contributed by atoms with Crippen molar-refractivity contribution >= 4 is 5.96 Å². The lowest BCUT2D eigenvalue weighted by Crippen LogP contribution is -2.46. The second-order valence-electron chi connectivity index (χ2n) is 7.35. The maximum atomic E-state index is 5.58. The molecular formula is C22H34N6O. The van der Waals surface area contributed by atoms with Crippen LogP contribution >= 0.6 is 0 Å². The van der Waals surface area contributed by atoms with Gasteiger partial charge < -0.3 is 24.9 Å². The van der Waals surface area contributed by atoms with Gasteiger partial charge >= 0.3 is 0 Å². The molecule has 7 heteroatoms. The standard InChI is InChI=1S/C22H34N6O/c1-3-27-13-15-28(16-14-27)12-8-7-11-24-22(23-2)25-17-20-18-29-21(26-20)19-9-5-4-6-10-19/h4-6,9-10,18H,3,7-8,11-17H2,1-2H3,(H2,23,24,25). The summed E-state index contributed by atoms with van der Waals surface area (Å²) in [6, 6.07) is 9.93. The second-order valence-corrected chi connectivity index (χ2v) is 7.35. The Morgan fingerprint density at radius 3 is 2.55 bits per heavy atom. The Morgan fingerprint density at radius 2 is 1.83 bits per heavy atom. The number of rotatable bonds is 9. The van der Waals surface area contributed by atoms with Crippen molar-refractivity contribution in [3.05, 3.63) is 42.3 Å². The number of benzene rings is 1. The number of oxazole rings is 1. The number of unbranched alkanes of at least 4 members (excludes halogenated alkanes) is 1. The van der Waals surface area contributed by atoms with Gasteiger partial charge in [0.25, 0.3) is 0 Å².